The van der Waals surface area contributed by atoms with E-state index in [0.717, 1.165) is 16.5 Å². The van der Waals surface area contributed by atoms with E-state index in [2.05, 4.69) is 28.2 Å². The summed E-state index contributed by atoms with van der Waals surface area (Å²) in [6.07, 6.45) is 2.74. The molecule has 1 aromatic heterocycles. The van der Waals surface area contributed by atoms with Gasteiger partial charge < -0.3 is 9.88 Å². The molecular formula is C15H17BrN2O. The van der Waals surface area contributed by atoms with E-state index in [-0.39, 0.29) is 11.9 Å². The molecule has 1 atom stereocenters. The minimum atomic E-state index is -0.0519. The quantitative estimate of drug-likeness (QED) is 0.916. The minimum absolute atomic E-state index is 0.0439. The molecule has 2 aromatic rings. The van der Waals surface area contributed by atoms with Crippen LogP contribution >= 0.6 is 15.9 Å². The van der Waals surface area contributed by atoms with Gasteiger partial charge in [-0.2, -0.15) is 0 Å². The lowest BCUT2D eigenvalue weighted by Gasteiger charge is -2.17. The summed E-state index contributed by atoms with van der Waals surface area (Å²) in [5, 5.41) is 3.07. The second-order valence-electron chi connectivity index (χ2n) is 4.50. The van der Waals surface area contributed by atoms with E-state index in [1.807, 2.05) is 54.2 Å². The Morgan fingerprint density at radius 3 is 2.58 bits per heavy atom. The highest BCUT2D eigenvalue weighted by Gasteiger charge is 2.16. The number of rotatable bonds is 4. The maximum atomic E-state index is 12.3. The van der Waals surface area contributed by atoms with Gasteiger partial charge in [0.25, 0.3) is 5.91 Å². The predicted molar refractivity (Wildman–Crippen MR) is 80.1 cm³/mol. The molecule has 0 saturated carbocycles. The molecular weight excluding hydrogens is 304 g/mol. The van der Waals surface area contributed by atoms with Crippen LogP contribution in [0.25, 0.3) is 0 Å². The fourth-order valence-electron chi connectivity index (χ4n) is 2.09. The number of carbonyl (C=O) groups is 1. The van der Waals surface area contributed by atoms with Crippen LogP contribution in [0, 0.1) is 0 Å². The molecule has 1 aromatic carbocycles. The number of halogens is 1. The molecule has 0 bridgehead atoms. The highest BCUT2D eigenvalue weighted by Crippen LogP contribution is 2.18. The molecule has 0 aliphatic heterocycles. The molecule has 0 aliphatic rings. The first-order valence-electron chi connectivity index (χ1n) is 6.29. The van der Waals surface area contributed by atoms with Crippen LogP contribution in [-0.2, 0) is 7.05 Å². The Hall–Kier alpha value is -1.55. The van der Waals surface area contributed by atoms with E-state index in [1.54, 1.807) is 0 Å². The molecule has 1 amide bonds. The number of hydrogen-bond acceptors (Lipinski definition) is 1. The normalized spacial score (nSPS) is 12.2. The van der Waals surface area contributed by atoms with Gasteiger partial charge in [0.15, 0.2) is 0 Å². The van der Waals surface area contributed by atoms with Crippen LogP contribution < -0.4 is 5.32 Å². The average molecular weight is 321 g/mol. The zero-order valence-corrected chi connectivity index (χ0v) is 12.6. The molecule has 0 radical (unpaired) electrons. The zero-order chi connectivity index (χ0) is 13.8. The largest absolute Gasteiger partial charge is 0.345 e. The summed E-state index contributed by atoms with van der Waals surface area (Å²) in [6.45, 7) is 2.07. The summed E-state index contributed by atoms with van der Waals surface area (Å²) in [5.41, 5.74) is 1.79. The highest BCUT2D eigenvalue weighted by atomic mass is 79.9. The lowest BCUT2D eigenvalue weighted by atomic mass is 10.0. The van der Waals surface area contributed by atoms with Gasteiger partial charge in [0.2, 0.25) is 0 Å². The molecule has 1 unspecified atom stereocenters. The third-order valence-corrected chi connectivity index (χ3v) is 3.55. The number of nitrogens with zero attached hydrogens (tertiary/aromatic N) is 1. The number of amides is 1. The predicted octanol–water partition coefficient (Wildman–Crippen LogP) is 3.67. The smallest absolute Gasteiger partial charge is 0.268 e. The van der Waals surface area contributed by atoms with Gasteiger partial charge in [-0.15, -0.1) is 0 Å². The average Bonchev–Trinajstić information content (AvgIpc) is 2.76. The van der Waals surface area contributed by atoms with Crippen LogP contribution in [0.2, 0.25) is 0 Å². The summed E-state index contributed by atoms with van der Waals surface area (Å²) in [7, 11) is 1.86. The molecule has 1 N–H and O–H groups in total. The van der Waals surface area contributed by atoms with Crippen molar-refractivity contribution in [2.75, 3.05) is 0 Å². The number of carbonyl (C=O) groups excluding carboxylic acids is 1. The third-order valence-electron chi connectivity index (χ3n) is 3.12. The second-order valence-corrected chi connectivity index (χ2v) is 5.42. The summed E-state index contributed by atoms with van der Waals surface area (Å²) < 4.78 is 2.73. The van der Waals surface area contributed by atoms with Crippen molar-refractivity contribution in [3.05, 3.63) is 58.3 Å². The van der Waals surface area contributed by atoms with Crippen LogP contribution in [0.4, 0.5) is 0 Å². The summed E-state index contributed by atoms with van der Waals surface area (Å²) >= 11 is 3.38. The Kier molecular flexibility index (Phi) is 4.43. The first-order chi connectivity index (χ1) is 9.11. The van der Waals surface area contributed by atoms with E-state index in [1.165, 1.54) is 0 Å². The van der Waals surface area contributed by atoms with Crippen LogP contribution in [0.15, 0.2) is 47.1 Å². The lowest BCUT2D eigenvalue weighted by molar-refractivity contribution is 0.0927. The van der Waals surface area contributed by atoms with Gasteiger partial charge >= 0.3 is 0 Å². The van der Waals surface area contributed by atoms with Gasteiger partial charge in [-0.25, -0.2) is 0 Å². The Bertz CT molecular complexity index is 563. The Morgan fingerprint density at radius 2 is 2.05 bits per heavy atom. The van der Waals surface area contributed by atoms with E-state index in [0.29, 0.717) is 5.69 Å². The zero-order valence-electron chi connectivity index (χ0n) is 11.1. The van der Waals surface area contributed by atoms with Gasteiger partial charge in [-0.05, 0) is 34.0 Å². The molecule has 4 heteroatoms. The molecule has 19 heavy (non-hydrogen) atoms. The van der Waals surface area contributed by atoms with Crippen molar-refractivity contribution in [3.8, 4) is 0 Å². The Balaban J connectivity index is 2.15. The molecule has 100 valence electrons. The van der Waals surface area contributed by atoms with Gasteiger partial charge in [0.05, 0.1) is 6.04 Å². The van der Waals surface area contributed by atoms with Crippen LogP contribution in [0.3, 0.4) is 0 Å². The number of hydrogen-bond donors (Lipinski definition) is 1. The first kappa shape index (κ1) is 13.9. The van der Waals surface area contributed by atoms with E-state index < -0.39 is 0 Å². The summed E-state index contributed by atoms with van der Waals surface area (Å²) in [5.74, 6) is -0.0519. The number of aromatic nitrogens is 1. The molecule has 0 spiro atoms. The van der Waals surface area contributed by atoms with Crippen LogP contribution in [0.1, 0.15) is 35.4 Å². The van der Waals surface area contributed by atoms with Crippen molar-refractivity contribution in [2.24, 2.45) is 7.05 Å². The van der Waals surface area contributed by atoms with Crippen molar-refractivity contribution in [2.45, 2.75) is 19.4 Å². The SMILES string of the molecule is CCC(NC(=O)c1cc(Br)cn1C)c1ccccc1. The summed E-state index contributed by atoms with van der Waals surface area (Å²) in [6, 6.07) is 11.9. The Morgan fingerprint density at radius 1 is 1.37 bits per heavy atom. The Labute approximate surface area is 121 Å². The number of aryl methyl sites for hydroxylation is 1. The highest BCUT2D eigenvalue weighted by molar-refractivity contribution is 9.10. The van der Waals surface area contributed by atoms with Gasteiger partial charge in [-0.3, -0.25) is 4.79 Å². The topological polar surface area (TPSA) is 34.0 Å². The standard InChI is InChI=1S/C15H17BrN2O/c1-3-13(11-7-5-4-6-8-11)17-15(19)14-9-12(16)10-18(14)2/h4-10,13H,3H2,1-2H3,(H,17,19). The molecule has 2 rings (SSSR count). The minimum Gasteiger partial charge on any atom is -0.345 e. The van der Waals surface area contributed by atoms with Crippen molar-refractivity contribution in [3.63, 3.8) is 0 Å². The van der Waals surface area contributed by atoms with E-state index >= 15 is 0 Å². The fourth-order valence-corrected chi connectivity index (χ4v) is 2.61. The second kappa shape index (κ2) is 6.06. The van der Waals surface area contributed by atoms with Gasteiger partial charge in [0, 0.05) is 17.7 Å². The first-order valence-corrected chi connectivity index (χ1v) is 7.08. The fraction of sp³-hybridized carbons (Fsp3) is 0.267. The lowest BCUT2D eigenvalue weighted by Crippen LogP contribution is -2.29. The molecule has 3 nitrogen and oxygen atoms in total. The number of nitrogens with one attached hydrogen (secondary N) is 1. The molecule has 0 saturated heterocycles. The summed E-state index contributed by atoms with van der Waals surface area (Å²) in [4.78, 5) is 12.3. The maximum absolute atomic E-state index is 12.3. The molecule has 0 aliphatic carbocycles. The van der Waals surface area contributed by atoms with Crippen molar-refractivity contribution in [1.29, 1.82) is 0 Å². The van der Waals surface area contributed by atoms with E-state index in [4.69, 9.17) is 0 Å². The van der Waals surface area contributed by atoms with Crippen molar-refractivity contribution in [1.82, 2.24) is 9.88 Å². The third kappa shape index (κ3) is 3.26. The van der Waals surface area contributed by atoms with Gasteiger partial charge in [0.1, 0.15) is 5.69 Å². The van der Waals surface area contributed by atoms with Crippen LogP contribution in [-0.4, -0.2) is 10.5 Å². The maximum Gasteiger partial charge on any atom is 0.268 e. The number of benzene rings is 1. The molecule has 0 fully saturated rings. The van der Waals surface area contributed by atoms with Crippen molar-refractivity contribution >= 4 is 21.8 Å². The molecule has 1 heterocycles. The van der Waals surface area contributed by atoms with E-state index in [9.17, 15) is 4.79 Å². The van der Waals surface area contributed by atoms with Crippen molar-refractivity contribution < 1.29 is 4.79 Å². The monoisotopic (exact) mass is 320 g/mol. The van der Waals surface area contributed by atoms with Crippen LogP contribution in [0.5, 0.6) is 0 Å². The van der Waals surface area contributed by atoms with Gasteiger partial charge in [-0.1, -0.05) is 37.3 Å².